The number of hydrogen-bond acceptors (Lipinski definition) is 7. The van der Waals surface area contributed by atoms with Crippen LogP contribution in [-0.4, -0.2) is 42.1 Å². The van der Waals surface area contributed by atoms with Crippen LogP contribution in [-0.2, 0) is 16.0 Å². The molecule has 134 valence electrons. The van der Waals surface area contributed by atoms with Crippen LogP contribution in [0.3, 0.4) is 0 Å². The van der Waals surface area contributed by atoms with Crippen LogP contribution in [0.5, 0.6) is 5.75 Å². The van der Waals surface area contributed by atoms with Crippen molar-refractivity contribution >= 4 is 22.6 Å². The largest absolute Gasteiger partial charge is 0.497 e. The number of esters is 1. The average molecular weight is 361 g/mol. The normalized spacial score (nSPS) is 17.4. The molecule has 0 amide bonds. The van der Waals surface area contributed by atoms with Crippen molar-refractivity contribution in [3.63, 3.8) is 0 Å². The quantitative estimate of drug-likeness (QED) is 0.737. The van der Waals surface area contributed by atoms with Gasteiger partial charge >= 0.3 is 5.97 Å². The Hall–Kier alpha value is -2.15. The lowest BCUT2D eigenvalue weighted by atomic mass is 9.99. The number of rotatable bonds is 6. The number of carbonyl (C=O) groups excluding carboxylic acids is 1. The highest BCUT2D eigenvalue weighted by atomic mass is 32.1. The maximum Gasteiger partial charge on any atom is 0.310 e. The van der Waals surface area contributed by atoms with E-state index in [-0.39, 0.29) is 11.9 Å². The standard InChI is InChI=1S/C18H23N3O3S/c1-3-24-17(22)14-7-5-9-21(12-14)18-19-16(20-25-18)11-13-6-4-8-15(10-13)23-2/h4,6,8,10,14H,3,5,7,9,11-12H2,1-2H3/t14-/m1/s1. The van der Waals surface area contributed by atoms with Crippen LogP contribution in [0, 0.1) is 5.92 Å². The molecule has 6 nitrogen and oxygen atoms in total. The van der Waals surface area contributed by atoms with Gasteiger partial charge in [0.05, 0.1) is 19.6 Å². The van der Waals surface area contributed by atoms with E-state index in [2.05, 4.69) is 14.3 Å². The maximum atomic E-state index is 12.0. The van der Waals surface area contributed by atoms with E-state index < -0.39 is 0 Å². The average Bonchev–Trinajstić information content (AvgIpc) is 3.11. The van der Waals surface area contributed by atoms with Gasteiger partial charge in [-0.2, -0.15) is 4.37 Å². The van der Waals surface area contributed by atoms with Gasteiger partial charge in [0.1, 0.15) is 11.6 Å². The maximum absolute atomic E-state index is 12.0. The molecule has 1 aliphatic heterocycles. The molecule has 1 aromatic heterocycles. The molecule has 0 N–H and O–H groups in total. The van der Waals surface area contributed by atoms with Crippen molar-refractivity contribution < 1.29 is 14.3 Å². The van der Waals surface area contributed by atoms with Crippen LogP contribution in [0.25, 0.3) is 0 Å². The Labute approximate surface area is 152 Å². The monoisotopic (exact) mass is 361 g/mol. The Morgan fingerprint density at radius 1 is 1.44 bits per heavy atom. The van der Waals surface area contributed by atoms with Gasteiger partial charge in [0, 0.05) is 31.0 Å². The van der Waals surface area contributed by atoms with Crippen LogP contribution in [0.4, 0.5) is 5.13 Å². The number of piperidine rings is 1. The molecule has 1 aliphatic rings. The minimum atomic E-state index is -0.103. The van der Waals surface area contributed by atoms with Gasteiger partial charge in [0.25, 0.3) is 0 Å². The van der Waals surface area contributed by atoms with Gasteiger partial charge in [-0.3, -0.25) is 4.79 Å². The molecule has 1 fully saturated rings. The zero-order chi connectivity index (χ0) is 17.6. The molecule has 0 aliphatic carbocycles. The van der Waals surface area contributed by atoms with Gasteiger partial charge in [-0.1, -0.05) is 12.1 Å². The number of benzene rings is 1. The van der Waals surface area contributed by atoms with E-state index in [1.807, 2.05) is 31.2 Å². The topological polar surface area (TPSA) is 64.5 Å². The summed E-state index contributed by atoms with van der Waals surface area (Å²) < 4.78 is 14.9. The first-order valence-electron chi connectivity index (χ1n) is 8.56. The smallest absolute Gasteiger partial charge is 0.310 e. The number of hydrogen-bond donors (Lipinski definition) is 0. The van der Waals surface area contributed by atoms with Crippen molar-refractivity contribution in [2.75, 3.05) is 31.7 Å². The van der Waals surface area contributed by atoms with Gasteiger partial charge in [0.15, 0.2) is 0 Å². The second-order valence-electron chi connectivity index (χ2n) is 6.06. The summed E-state index contributed by atoms with van der Waals surface area (Å²) in [5.41, 5.74) is 1.12. The van der Waals surface area contributed by atoms with E-state index in [4.69, 9.17) is 9.47 Å². The number of methoxy groups -OCH3 is 1. The number of anilines is 1. The molecule has 0 unspecified atom stereocenters. The predicted octanol–water partition coefficient (Wildman–Crippen LogP) is 2.92. The first kappa shape index (κ1) is 17.7. The first-order valence-corrected chi connectivity index (χ1v) is 9.34. The molecule has 7 heteroatoms. The molecule has 2 heterocycles. The summed E-state index contributed by atoms with van der Waals surface area (Å²) in [6, 6.07) is 7.93. The van der Waals surface area contributed by atoms with Gasteiger partial charge in [-0.05, 0) is 37.5 Å². The van der Waals surface area contributed by atoms with E-state index in [1.165, 1.54) is 11.5 Å². The molecule has 0 bridgehead atoms. The van der Waals surface area contributed by atoms with E-state index in [1.54, 1.807) is 7.11 Å². The van der Waals surface area contributed by atoms with Crippen LogP contribution in [0.1, 0.15) is 31.2 Å². The lowest BCUT2D eigenvalue weighted by Gasteiger charge is -2.30. The second kappa shape index (κ2) is 8.29. The molecule has 2 aromatic rings. The Bertz CT molecular complexity index is 719. The van der Waals surface area contributed by atoms with Crippen molar-refractivity contribution in [3.05, 3.63) is 35.7 Å². The Kier molecular flexibility index (Phi) is 5.86. The molecule has 3 rings (SSSR count). The first-order chi connectivity index (χ1) is 12.2. The van der Waals surface area contributed by atoms with Gasteiger partial charge < -0.3 is 14.4 Å². The second-order valence-corrected chi connectivity index (χ2v) is 6.79. The summed E-state index contributed by atoms with van der Waals surface area (Å²) in [7, 11) is 1.66. The van der Waals surface area contributed by atoms with Gasteiger partial charge in [0.2, 0.25) is 5.13 Å². The third-order valence-corrected chi connectivity index (χ3v) is 5.08. The van der Waals surface area contributed by atoms with E-state index in [9.17, 15) is 4.79 Å². The molecule has 0 radical (unpaired) electrons. The molecule has 1 aromatic carbocycles. The number of aromatic nitrogens is 2. The Morgan fingerprint density at radius 2 is 2.32 bits per heavy atom. The highest BCUT2D eigenvalue weighted by molar-refractivity contribution is 7.09. The highest BCUT2D eigenvalue weighted by Gasteiger charge is 2.28. The molecular formula is C18H23N3O3S. The zero-order valence-electron chi connectivity index (χ0n) is 14.6. The van der Waals surface area contributed by atoms with Crippen LogP contribution >= 0.6 is 11.5 Å². The fourth-order valence-corrected chi connectivity index (χ4v) is 3.73. The van der Waals surface area contributed by atoms with E-state index >= 15 is 0 Å². The number of nitrogens with zero attached hydrogens (tertiary/aromatic N) is 3. The minimum Gasteiger partial charge on any atom is -0.497 e. The molecular weight excluding hydrogens is 338 g/mol. The third kappa shape index (κ3) is 4.48. The third-order valence-electron chi connectivity index (χ3n) is 4.27. The van der Waals surface area contributed by atoms with Crippen LogP contribution in [0.15, 0.2) is 24.3 Å². The zero-order valence-corrected chi connectivity index (χ0v) is 15.4. The van der Waals surface area contributed by atoms with E-state index in [0.717, 1.165) is 41.7 Å². The van der Waals surface area contributed by atoms with Crippen molar-refractivity contribution in [1.29, 1.82) is 0 Å². The molecule has 1 saturated heterocycles. The summed E-state index contributed by atoms with van der Waals surface area (Å²) in [6.45, 7) is 3.84. The summed E-state index contributed by atoms with van der Waals surface area (Å²) in [4.78, 5) is 18.8. The Morgan fingerprint density at radius 3 is 3.12 bits per heavy atom. The summed E-state index contributed by atoms with van der Waals surface area (Å²) in [5.74, 6) is 1.46. The summed E-state index contributed by atoms with van der Waals surface area (Å²) in [6.07, 6.45) is 2.52. The molecule has 0 saturated carbocycles. The molecule has 0 spiro atoms. The van der Waals surface area contributed by atoms with Gasteiger partial charge in [-0.15, -0.1) is 0 Å². The van der Waals surface area contributed by atoms with Crippen LogP contribution in [0.2, 0.25) is 0 Å². The van der Waals surface area contributed by atoms with Crippen molar-refractivity contribution in [2.24, 2.45) is 5.92 Å². The highest BCUT2D eigenvalue weighted by Crippen LogP contribution is 2.26. The molecule has 25 heavy (non-hydrogen) atoms. The summed E-state index contributed by atoms with van der Waals surface area (Å²) >= 11 is 1.39. The van der Waals surface area contributed by atoms with E-state index in [0.29, 0.717) is 19.6 Å². The lowest BCUT2D eigenvalue weighted by molar-refractivity contribution is -0.148. The number of ether oxygens (including phenoxy) is 2. The van der Waals surface area contributed by atoms with Gasteiger partial charge in [-0.25, -0.2) is 4.98 Å². The Balaban J connectivity index is 1.65. The predicted molar refractivity (Wildman–Crippen MR) is 97.3 cm³/mol. The van der Waals surface area contributed by atoms with Crippen molar-refractivity contribution in [3.8, 4) is 5.75 Å². The number of carbonyl (C=O) groups is 1. The van der Waals surface area contributed by atoms with Crippen LogP contribution < -0.4 is 9.64 Å². The molecule has 1 atom stereocenters. The van der Waals surface area contributed by atoms with Crippen molar-refractivity contribution in [1.82, 2.24) is 9.36 Å². The summed E-state index contributed by atoms with van der Waals surface area (Å²) in [5, 5.41) is 0.881. The lowest BCUT2D eigenvalue weighted by Crippen LogP contribution is -2.39. The van der Waals surface area contributed by atoms with Crippen molar-refractivity contribution in [2.45, 2.75) is 26.2 Å². The fraction of sp³-hybridized carbons (Fsp3) is 0.500. The fourth-order valence-electron chi connectivity index (χ4n) is 3.01. The SMILES string of the molecule is CCOC(=O)[C@@H]1CCCN(c2nc(Cc3cccc(OC)c3)ns2)C1. The minimum absolute atomic E-state index is 0.0700.